The van der Waals surface area contributed by atoms with Crippen LogP contribution in [0.1, 0.15) is 25.0 Å². The lowest BCUT2D eigenvalue weighted by Crippen LogP contribution is -2.53. The molecule has 4 nitrogen and oxygen atoms in total. The van der Waals surface area contributed by atoms with E-state index in [0.29, 0.717) is 18.8 Å². The third kappa shape index (κ3) is 2.51. The highest BCUT2D eigenvalue weighted by Crippen LogP contribution is 2.35. The molecule has 2 aliphatic rings. The van der Waals surface area contributed by atoms with E-state index >= 15 is 0 Å². The van der Waals surface area contributed by atoms with E-state index in [4.69, 9.17) is 0 Å². The van der Waals surface area contributed by atoms with Crippen molar-refractivity contribution in [3.63, 3.8) is 0 Å². The molecule has 0 saturated carbocycles. The molecule has 2 aromatic rings. The number of aryl methyl sites for hydroxylation is 2. The van der Waals surface area contributed by atoms with E-state index in [2.05, 4.69) is 29.6 Å². The Kier molecular flexibility index (Phi) is 3.64. The van der Waals surface area contributed by atoms with Crippen LogP contribution in [0.15, 0.2) is 30.3 Å². The molecule has 4 rings (SSSR count). The van der Waals surface area contributed by atoms with Crippen molar-refractivity contribution in [1.29, 1.82) is 0 Å². The van der Waals surface area contributed by atoms with Gasteiger partial charge in [0.15, 0.2) is 0 Å². The van der Waals surface area contributed by atoms with Gasteiger partial charge in [0.05, 0.1) is 10.4 Å². The predicted octanol–water partition coefficient (Wildman–Crippen LogP) is 3.31. The molecule has 24 heavy (non-hydrogen) atoms. The van der Waals surface area contributed by atoms with E-state index in [1.165, 1.54) is 16.5 Å². The maximum absolute atomic E-state index is 12.7. The maximum Gasteiger partial charge on any atom is 0.321 e. The number of nitrogens with zero attached hydrogens (tertiary/aromatic N) is 1. The summed E-state index contributed by atoms with van der Waals surface area (Å²) in [6.07, 6.45) is 2.16. The van der Waals surface area contributed by atoms with Crippen LogP contribution in [0.2, 0.25) is 0 Å². The lowest BCUT2D eigenvalue weighted by atomic mass is 10.0. The van der Waals surface area contributed by atoms with Crippen molar-refractivity contribution in [3.8, 4) is 0 Å². The minimum Gasteiger partial charge on any atom is -0.322 e. The molecule has 5 heteroatoms. The van der Waals surface area contributed by atoms with Gasteiger partial charge in [-0.2, -0.15) is 0 Å². The molecule has 126 valence electrons. The van der Waals surface area contributed by atoms with Gasteiger partial charge < -0.3 is 10.2 Å². The van der Waals surface area contributed by atoms with Crippen LogP contribution in [0.4, 0.5) is 10.5 Å². The van der Waals surface area contributed by atoms with Gasteiger partial charge in [0.1, 0.15) is 0 Å². The zero-order valence-electron chi connectivity index (χ0n) is 14.1. The number of urea groups is 1. The zero-order chi connectivity index (χ0) is 16.9. The third-order valence-corrected chi connectivity index (χ3v) is 7.06. The van der Waals surface area contributed by atoms with E-state index in [0.717, 1.165) is 23.9 Å². The number of benzene rings is 2. The van der Waals surface area contributed by atoms with Crippen LogP contribution in [0.5, 0.6) is 0 Å². The molecule has 1 saturated heterocycles. The Morgan fingerprint density at radius 3 is 2.67 bits per heavy atom. The molecule has 0 radical (unpaired) electrons. The summed E-state index contributed by atoms with van der Waals surface area (Å²) in [6.45, 7) is 4.99. The van der Waals surface area contributed by atoms with Gasteiger partial charge in [-0.25, -0.2) is 4.79 Å². The number of rotatable bonds is 1. The van der Waals surface area contributed by atoms with Gasteiger partial charge in [0, 0.05) is 35.0 Å². The third-order valence-electron chi connectivity index (χ3n) is 5.14. The number of hydrogen-bond acceptors (Lipinski definition) is 2. The van der Waals surface area contributed by atoms with Gasteiger partial charge in [-0.3, -0.25) is 4.21 Å². The molecule has 1 fully saturated rings. The number of carbonyl (C=O) groups excluding carboxylic acids is 1. The topological polar surface area (TPSA) is 49.4 Å². The van der Waals surface area contributed by atoms with Gasteiger partial charge in [0.2, 0.25) is 0 Å². The number of anilines is 1. The fraction of sp³-hybridized carbons (Fsp3) is 0.421. The van der Waals surface area contributed by atoms with Crippen molar-refractivity contribution < 1.29 is 9.00 Å². The van der Waals surface area contributed by atoms with Crippen molar-refractivity contribution in [3.05, 3.63) is 41.5 Å². The Labute approximate surface area is 144 Å². The Morgan fingerprint density at radius 2 is 1.92 bits per heavy atom. The summed E-state index contributed by atoms with van der Waals surface area (Å²) < 4.78 is 11.7. The molecular weight excluding hydrogens is 320 g/mol. The summed E-state index contributed by atoms with van der Waals surface area (Å²) in [5.74, 6) is 0.546. The predicted molar refractivity (Wildman–Crippen MR) is 99.0 cm³/mol. The molecule has 0 bridgehead atoms. The van der Waals surface area contributed by atoms with Crippen molar-refractivity contribution in [1.82, 2.24) is 4.90 Å². The first-order chi connectivity index (χ1) is 11.5. The number of hydrogen-bond donors (Lipinski definition) is 1. The lowest BCUT2D eigenvalue weighted by molar-refractivity contribution is 0.207. The standard InChI is InChI=1S/C19H22N2O2S/c1-19(2)12-21(10-11-24(19)23)18(22)20-16-9-8-14-7-6-13-4-3-5-15(16)17(13)14/h3-5,8-9H,6-7,10-12H2,1-2H3,(H,20,22). The summed E-state index contributed by atoms with van der Waals surface area (Å²) in [5, 5.41) is 5.50. The Morgan fingerprint density at radius 1 is 1.17 bits per heavy atom. The maximum atomic E-state index is 12.7. The first kappa shape index (κ1) is 15.6. The van der Waals surface area contributed by atoms with Crippen LogP contribution >= 0.6 is 0 Å². The van der Waals surface area contributed by atoms with E-state index in [9.17, 15) is 9.00 Å². The molecule has 0 spiro atoms. The fourth-order valence-corrected chi connectivity index (χ4v) is 5.04. The Bertz CT molecular complexity index is 850. The molecule has 2 amide bonds. The smallest absolute Gasteiger partial charge is 0.321 e. The van der Waals surface area contributed by atoms with Crippen LogP contribution in [0.25, 0.3) is 10.8 Å². The molecule has 1 atom stereocenters. The highest BCUT2D eigenvalue weighted by molar-refractivity contribution is 7.86. The van der Waals surface area contributed by atoms with Crippen LogP contribution in [-0.4, -0.2) is 38.7 Å². The monoisotopic (exact) mass is 342 g/mol. The van der Waals surface area contributed by atoms with Crippen LogP contribution < -0.4 is 5.32 Å². The normalized spacial score (nSPS) is 21.9. The zero-order valence-corrected chi connectivity index (χ0v) is 14.9. The van der Waals surface area contributed by atoms with Gasteiger partial charge in [-0.1, -0.05) is 24.3 Å². The molecule has 1 aliphatic carbocycles. The number of amides is 2. The summed E-state index contributed by atoms with van der Waals surface area (Å²) in [4.78, 5) is 14.5. The van der Waals surface area contributed by atoms with Crippen LogP contribution in [-0.2, 0) is 23.6 Å². The van der Waals surface area contributed by atoms with Gasteiger partial charge in [0.25, 0.3) is 0 Å². The molecule has 0 aromatic heterocycles. The van der Waals surface area contributed by atoms with Crippen molar-refractivity contribution in [2.45, 2.75) is 31.4 Å². The van der Waals surface area contributed by atoms with Gasteiger partial charge >= 0.3 is 6.03 Å². The second-order valence-electron chi connectivity index (χ2n) is 7.27. The summed E-state index contributed by atoms with van der Waals surface area (Å²) in [5.41, 5.74) is 3.60. The van der Waals surface area contributed by atoms with E-state index < -0.39 is 10.8 Å². The fourth-order valence-electron chi connectivity index (χ4n) is 3.80. The molecular formula is C19H22N2O2S. The Hall–Kier alpha value is -1.88. The first-order valence-electron chi connectivity index (χ1n) is 8.44. The lowest BCUT2D eigenvalue weighted by Gasteiger charge is -2.37. The average Bonchev–Trinajstić information content (AvgIpc) is 2.97. The van der Waals surface area contributed by atoms with Crippen LogP contribution in [0.3, 0.4) is 0 Å². The number of carbonyl (C=O) groups is 1. The minimum absolute atomic E-state index is 0.0986. The average molecular weight is 342 g/mol. The minimum atomic E-state index is -0.876. The quantitative estimate of drug-likeness (QED) is 0.864. The van der Waals surface area contributed by atoms with E-state index in [1.807, 2.05) is 19.9 Å². The summed E-state index contributed by atoms with van der Waals surface area (Å²) >= 11 is 0. The molecule has 1 unspecified atom stereocenters. The first-order valence-corrected chi connectivity index (χ1v) is 9.75. The molecule has 1 heterocycles. The van der Waals surface area contributed by atoms with Gasteiger partial charge in [-0.05, 0) is 49.3 Å². The van der Waals surface area contributed by atoms with Crippen molar-refractivity contribution >= 4 is 33.3 Å². The van der Waals surface area contributed by atoms with Gasteiger partial charge in [-0.15, -0.1) is 0 Å². The van der Waals surface area contributed by atoms with E-state index in [1.54, 1.807) is 4.90 Å². The summed E-state index contributed by atoms with van der Waals surface area (Å²) in [6, 6.07) is 10.4. The number of nitrogens with one attached hydrogen (secondary N) is 1. The van der Waals surface area contributed by atoms with E-state index in [-0.39, 0.29) is 10.8 Å². The van der Waals surface area contributed by atoms with Crippen molar-refractivity contribution in [2.24, 2.45) is 0 Å². The van der Waals surface area contributed by atoms with Crippen LogP contribution in [0, 0.1) is 0 Å². The molecule has 1 aliphatic heterocycles. The highest BCUT2D eigenvalue weighted by atomic mass is 32.2. The van der Waals surface area contributed by atoms with Crippen molar-refractivity contribution in [2.75, 3.05) is 24.2 Å². The second-order valence-corrected chi connectivity index (χ2v) is 9.48. The highest BCUT2D eigenvalue weighted by Gasteiger charge is 2.35. The largest absolute Gasteiger partial charge is 0.322 e. The summed E-state index contributed by atoms with van der Waals surface area (Å²) in [7, 11) is -0.876. The Balaban J connectivity index is 1.61. The molecule has 1 N–H and O–H groups in total. The molecule has 2 aromatic carbocycles. The second kappa shape index (κ2) is 5.59. The SMILES string of the molecule is CC1(C)CN(C(=O)Nc2ccc3c4c(cccc24)CC3)CCS1=O.